The van der Waals surface area contributed by atoms with Crippen molar-refractivity contribution in [3.63, 3.8) is 0 Å². The van der Waals surface area contributed by atoms with Crippen LogP contribution in [0.3, 0.4) is 0 Å². The first-order chi connectivity index (χ1) is 15.0. The molecule has 0 radical (unpaired) electrons. The zero-order chi connectivity index (χ0) is 23.2. The summed E-state index contributed by atoms with van der Waals surface area (Å²) in [5.41, 5.74) is 2.45. The van der Waals surface area contributed by atoms with Crippen molar-refractivity contribution in [2.24, 2.45) is 7.05 Å². The smallest absolute Gasteiger partial charge is 0.363 e. The third-order valence-corrected chi connectivity index (χ3v) is 6.14. The highest BCUT2D eigenvalue weighted by Gasteiger charge is 2.47. The van der Waals surface area contributed by atoms with E-state index < -0.39 is 24.2 Å². The second-order valence-corrected chi connectivity index (χ2v) is 8.88. The summed E-state index contributed by atoms with van der Waals surface area (Å²) in [6, 6.07) is 4.64. The van der Waals surface area contributed by atoms with Crippen LogP contribution in [0.1, 0.15) is 45.7 Å². The highest BCUT2D eigenvalue weighted by Crippen LogP contribution is 2.44. The number of alkyl halides is 3. The number of aryl methyl sites for hydroxylation is 2. The number of hydrogen-bond donors (Lipinski definition) is 1. The van der Waals surface area contributed by atoms with Crippen molar-refractivity contribution < 1.29 is 18.0 Å². The van der Waals surface area contributed by atoms with Gasteiger partial charge in [-0.25, -0.2) is 4.68 Å². The zero-order valence-corrected chi connectivity index (χ0v) is 19.3. The van der Waals surface area contributed by atoms with Crippen LogP contribution in [0, 0.1) is 6.92 Å². The maximum absolute atomic E-state index is 13.9. The lowest BCUT2D eigenvalue weighted by atomic mass is 9.96. The largest absolute Gasteiger partial charge is 0.410 e. The summed E-state index contributed by atoms with van der Waals surface area (Å²) in [6.07, 6.45) is -1.71. The topological polar surface area (TPSA) is 68.0 Å². The van der Waals surface area contributed by atoms with E-state index in [1.165, 1.54) is 11.1 Å². The lowest BCUT2D eigenvalue weighted by Crippen LogP contribution is -2.36. The lowest BCUT2D eigenvalue weighted by molar-refractivity contribution is -0.173. The fourth-order valence-electron chi connectivity index (χ4n) is 3.97. The van der Waals surface area contributed by atoms with Crippen molar-refractivity contribution in [2.45, 2.75) is 38.1 Å². The standard InChI is InChI=1S/C21H22BrF3N6O/c1-12-14(11-30(3)28-12)10-29(2)20(32)16-9-26-31-18(21(23,24)25)8-17(27-19(16)31)13-4-6-15(22)7-5-13/h4-7,9,11,17-18,27H,8,10H2,1-3H3/t17-,18-/m1/s1. The number of hydrogen-bond acceptors (Lipinski definition) is 4. The van der Waals surface area contributed by atoms with Crippen LogP contribution in [0.5, 0.6) is 0 Å². The Morgan fingerprint density at radius 1 is 1.31 bits per heavy atom. The minimum absolute atomic E-state index is 0.0752. The maximum Gasteiger partial charge on any atom is 0.410 e. The van der Waals surface area contributed by atoms with Crippen LogP contribution < -0.4 is 5.32 Å². The summed E-state index contributed by atoms with van der Waals surface area (Å²) in [4.78, 5) is 14.6. The molecule has 1 aliphatic heterocycles. The molecule has 2 atom stereocenters. The zero-order valence-electron chi connectivity index (χ0n) is 17.7. The van der Waals surface area contributed by atoms with Crippen molar-refractivity contribution in [1.82, 2.24) is 24.5 Å². The second-order valence-electron chi connectivity index (χ2n) is 7.97. The van der Waals surface area contributed by atoms with Crippen LogP contribution in [-0.2, 0) is 13.6 Å². The van der Waals surface area contributed by atoms with Crippen LogP contribution in [0.2, 0.25) is 0 Å². The molecule has 11 heteroatoms. The van der Waals surface area contributed by atoms with E-state index in [0.717, 1.165) is 20.4 Å². The van der Waals surface area contributed by atoms with Gasteiger partial charge in [0.1, 0.15) is 11.4 Å². The first-order valence-electron chi connectivity index (χ1n) is 9.95. The normalized spacial score (nSPS) is 18.2. The number of anilines is 1. The molecule has 3 heterocycles. The molecule has 0 bridgehead atoms. The van der Waals surface area contributed by atoms with E-state index in [0.29, 0.717) is 5.56 Å². The molecule has 2 aromatic heterocycles. The van der Waals surface area contributed by atoms with Crippen LogP contribution in [0.15, 0.2) is 41.1 Å². The summed E-state index contributed by atoms with van der Waals surface area (Å²) in [5, 5.41) is 11.3. The van der Waals surface area contributed by atoms with E-state index in [9.17, 15) is 18.0 Å². The Labute approximate surface area is 191 Å². The van der Waals surface area contributed by atoms with Gasteiger partial charge in [0.25, 0.3) is 5.91 Å². The number of amides is 1. The van der Waals surface area contributed by atoms with Gasteiger partial charge in [-0.05, 0) is 24.6 Å². The number of benzene rings is 1. The number of aromatic nitrogens is 4. The van der Waals surface area contributed by atoms with E-state index in [1.807, 2.05) is 13.1 Å². The van der Waals surface area contributed by atoms with Gasteiger partial charge in [0.2, 0.25) is 0 Å². The fourth-order valence-corrected chi connectivity index (χ4v) is 4.23. The molecule has 0 saturated carbocycles. The monoisotopic (exact) mass is 510 g/mol. The Balaban J connectivity index is 1.66. The Hall–Kier alpha value is -2.82. The molecule has 0 fully saturated rings. The average Bonchev–Trinajstić information content (AvgIpc) is 3.28. The van der Waals surface area contributed by atoms with E-state index >= 15 is 0 Å². The van der Waals surface area contributed by atoms with Crippen LogP contribution in [0.4, 0.5) is 19.0 Å². The SMILES string of the molecule is Cc1nn(C)cc1CN(C)C(=O)c1cnn2c1N[C@@H](c1ccc(Br)cc1)C[C@@H]2C(F)(F)F. The highest BCUT2D eigenvalue weighted by molar-refractivity contribution is 9.10. The predicted octanol–water partition coefficient (Wildman–Crippen LogP) is 4.62. The van der Waals surface area contributed by atoms with E-state index in [2.05, 4.69) is 31.4 Å². The van der Waals surface area contributed by atoms with Gasteiger partial charge in [0, 0.05) is 43.3 Å². The number of carbonyl (C=O) groups is 1. The minimum Gasteiger partial charge on any atom is -0.363 e. The first-order valence-corrected chi connectivity index (χ1v) is 10.7. The van der Waals surface area contributed by atoms with E-state index in [1.54, 1.807) is 43.0 Å². The van der Waals surface area contributed by atoms with Gasteiger partial charge in [0.05, 0.1) is 17.9 Å². The summed E-state index contributed by atoms with van der Waals surface area (Å²) in [7, 11) is 3.39. The van der Waals surface area contributed by atoms with Gasteiger partial charge in [0.15, 0.2) is 6.04 Å². The van der Waals surface area contributed by atoms with Crippen molar-refractivity contribution in [3.05, 3.63) is 63.5 Å². The minimum atomic E-state index is -4.50. The van der Waals surface area contributed by atoms with Crippen LogP contribution in [-0.4, -0.2) is 43.6 Å². The van der Waals surface area contributed by atoms with E-state index in [-0.39, 0.29) is 24.3 Å². The Morgan fingerprint density at radius 2 is 2.00 bits per heavy atom. The van der Waals surface area contributed by atoms with Crippen molar-refractivity contribution in [3.8, 4) is 0 Å². The third-order valence-electron chi connectivity index (χ3n) is 5.61. The van der Waals surface area contributed by atoms with Gasteiger partial charge in [-0.2, -0.15) is 23.4 Å². The molecule has 1 aliphatic rings. The number of rotatable bonds is 4. The molecule has 1 N–H and O–H groups in total. The van der Waals surface area contributed by atoms with Gasteiger partial charge < -0.3 is 10.2 Å². The Kier molecular flexibility index (Phi) is 5.78. The summed E-state index contributed by atoms with van der Waals surface area (Å²) >= 11 is 3.34. The molecule has 1 amide bonds. The molecule has 0 unspecified atom stereocenters. The quantitative estimate of drug-likeness (QED) is 0.556. The number of carbonyl (C=O) groups excluding carboxylic acids is 1. The highest BCUT2D eigenvalue weighted by atomic mass is 79.9. The second kappa shape index (κ2) is 8.27. The number of fused-ring (bicyclic) bond motifs is 1. The van der Waals surface area contributed by atoms with Gasteiger partial charge in [-0.1, -0.05) is 28.1 Å². The molecule has 1 aromatic carbocycles. The number of nitrogens with one attached hydrogen (secondary N) is 1. The number of halogens is 4. The molecule has 0 aliphatic carbocycles. The summed E-state index contributed by atoms with van der Waals surface area (Å²) in [5.74, 6) is -0.342. The summed E-state index contributed by atoms with van der Waals surface area (Å²) in [6.45, 7) is 2.12. The van der Waals surface area contributed by atoms with Gasteiger partial charge in [-0.15, -0.1) is 0 Å². The molecule has 4 rings (SSSR count). The Morgan fingerprint density at radius 3 is 2.59 bits per heavy atom. The third kappa shape index (κ3) is 4.25. The van der Waals surface area contributed by atoms with Crippen molar-refractivity contribution in [2.75, 3.05) is 12.4 Å². The molecular formula is C21H22BrF3N6O. The predicted molar refractivity (Wildman–Crippen MR) is 116 cm³/mol. The number of nitrogens with zero attached hydrogens (tertiary/aromatic N) is 5. The van der Waals surface area contributed by atoms with Crippen LogP contribution in [0.25, 0.3) is 0 Å². The van der Waals surface area contributed by atoms with Gasteiger partial charge >= 0.3 is 6.18 Å². The molecule has 3 aromatic rings. The van der Waals surface area contributed by atoms with Crippen molar-refractivity contribution in [1.29, 1.82) is 0 Å². The first kappa shape index (κ1) is 22.4. The molecule has 32 heavy (non-hydrogen) atoms. The molecule has 0 saturated heterocycles. The van der Waals surface area contributed by atoms with Crippen LogP contribution >= 0.6 is 15.9 Å². The molecular weight excluding hydrogens is 489 g/mol. The molecule has 7 nitrogen and oxygen atoms in total. The maximum atomic E-state index is 13.9. The Bertz CT molecular complexity index is 1140. The molecule has 0 spiro atoms. The fraction of sp³-hybridized carbons (Fsp3) is 0.381. The van der Waals surface area contributed by atoms with Crippen molar-refractivity contribution >= 4 is 27.7 Å². The molecule has 170 valence electrons. The lowest BCUT2D eigenvalue weighted by Gasteiger charge is -2.34. The average molecular weight is 511 g/mol. The summed E-state index contributed by atoms with van der Waals surface area (Å²) < 4.78 is 45.0. The van der Waals surface area contributed by atoms with Gasteiger partial charge in [-0.3, -0.25) is 9.48 Å². The van der Waals surface area contributed by atoms with E-state index in [4.69, 9.17) is 0 Å².